The zero-order valence-corrected chi connectivity index (χ0v) is 13.0. The molecular weight excluding hydrogens is 314 g/mol. The van der Waals surface area contributed by atoms with Crippen molar-refractivity contribution in [3.63, 3.8) is 0 Å². The molecule has 0 spiro atoms. The minimum Gasteiger partial charge on any atom is -0.304 e. The summed E-state index contributed by atoms with van der Waals surface area (Å²) in [5.41, 5.74) is 2.03. The topological polar surface area (TPSA) is 55.6 Å². The molecule has 0 aliphatic heterocycles. The molecule has 2 aromatic rings. The Morgan fingerprint density at radius 3 is 2.78 bits per heavy atom. The van der Waals surface area contributed by atoms with E-state index in [1.165, 1.54) is 11.7 Å². The zero-order chi connectivity index (χ0) is 13.1. The van der Waals surface area contributed by atoms with E-state index in [-0.39, 0.29) is 6.04 Å². The van der Waals surface area contributed by atoms with Gasteiger partial charge in [-0.2, -0.15) is 13.8 Å². The highest BCUT2D eigenvalue weighted by Gasteiger charge is 2.24. The van der Waals surface area contributed by atoms with Crippen molar-refractivity contribution in [1.82, 2.24) is 23.8 Å². The number of rotatable bonds is 5. The van der Waals surface area contributed by atoms with E-state index in [9.17, 15) is 0 Å². The van der Waals surface area contributed by atoms with Crippen LogP contribution >= 0.6 is 27.7 Å². The summed E-state index contributed by atoms with van der Waals surface area (Å²) in [6.07, 6.45) is 3.64. The third-order valence-corrected chi connectivity index (χ3v) is 3.74. The molecule has 1 N–H and O–H groups in total. The second-order valence-electron chi connectivity index (χ2n) is 4.24. The molecule has 0 radical (unpaired) electrons. The molecule has 1 unspecified atom stereocenters. The fraction of sp³-hybridized carbons (Fsp3) is 0.545. The van der Waals surface area contributed by atoms with Gasteiger partial charge in [-0.15, -0.1) is 0 Å². The van der Waals surface area contributed by atoms with Crippen LogP contribution in [0.25, 0.3) is 0 Å². The van der Waals surface area contributed by atoms with Crippen LogP contribution in [0.3, 0.4) is 0 Å². The van der Waals surface area contributed by atoms with Crippen molar-refractivity contribution in [3.05, 3.63) is 28.3 Å². The van der Waals surface area contributed by atoms with Gasteiger partial charge in [0.2, 0.25) is 0 Å². The number of hydrogen-bond acceptors (Lipinski definition) is 5. The Kier molecular flexibility index (Phi) is 4.47. The van der Waals surface area contributed by atoms with Gasteiger partial charge >= 0.3 is 0 Å². The summed E-state index contributed by atoms with van der Waals surface area (Å²) in [6, 6.07) is 0.326. The third kappa shape index (κ3) is 2.62. The number of halogens is 1. The largest absolute Gasteiger partial charge is 0.304 e. The molecule has 2 rings (SSSR count). The maximum Gasteiger partial charge on any atom is 0.0974 e. The van der Waals surface area contributed by atoms with Crippen molar-refractivity contribution in [3.8, 4) is 0 Å². The molecule has 0 aliphatic carbocycles. The van der Waals surface area contributed by atoms with E-state index < -0.39 is 0 Å². The van der Waals surface area contributed by atoms with E-state index in [2.05, 4.69) is 55.9 Å². The van der Waals surface area contributed by atoms with Gasteiger partial charge in [0.05, 0.1) is 46.0 Å². The van der Waals surface area contributed by atoms with Crippen LogP contribution < -0.4 is 5.32 Å². The van der Waals surface area contributed by atoms with Crippen LogP contribution in [0.15, 0.2) is 16.9 Å². The van der Waals surface area contributed by atoms with Crippen LogP contribution in [-0.2, 0) is 0 Å². The van der Waals surface area contributed by atoms with Crippen molar-refractivity contribution in [2.45, 2.75) is 32.9 Å². The molecule has 18 heavy (non-hydrogen) atoms. The first-order valence-electron chi connectivity index (χ1n) is 5.88. The molecule has 7 heteroatoms. The summed E-state index contributed by atoms with van der Waals surface area (Å²) >= 11 is 4.80. The first kappa shape index (κ1) is 13.6. The van der Waals surface area contributed by atoms with Gasteiger partial charge < -0.3 is 5.32 Å². The monoisotopic (exact) mass is 329 g/mol. The molecule has 2 heterocycles. The SMILES string of the molecule is CCNC(c1cnsn1)c1c(Br)cnn1C(C)C. The van der Waals surface area contributed by atoms with Gasteiger partial charge in [0, 0.05) is 6.04 Å². The van der Waals surface area contributed by atoms with Crippen LogP contribution in [0.1, 0.15) is 44.2 Å². The predicted molar refractivity (Wildman–Crippen MR) is 75.7 cm³/mol. The third-order valence-electron chi connectivity index (χ3n) is 2.63. The highest BCUT2D eigenvalue weighted by Crippen LogP contribution is 2.29. The summed E-state index contributed by atoms with van der Waals surface area (Å²) in [5.74, 6) is 0. The van der Waals surface area contributed by atoms with E-state index in [0.29, 0.717) is 6.04 Å². The molecule has 0 amide bonds. The smallest absolute Gasteiger partial charge is 0.0974 e. The molecule has 0 aromatic carbocycles. The Morgan fingerprint density at radius 1 is 1.44 bits per heavy atom. The van der Waals surface area contributed by atoms with Crippen molar-refractivity contribution in [2.24, 2.45) is 0 Å². The molecule has 0 saturated heterocycles. The van der Waals surface area contributed by atoms with E-state index in [0.717, 1.165) is 22.4 Å². The lowest BCUT2D eigenvalue weighted by Crippen LogP contribution is -2.26. The first-order chi connectivity index (χ1) is 8.65. The molecule has 2 aromatic heterocycles. The summed E-state index contributed by atoms with van der Waals surface area (Å²) < 4.78 is 11.4. The average molecular weight is 330 g/mol. The number of nitrogens with one attached hydrogen (secondary N) is 1. The van der Waals surface area contributed by atoms with Gasteiger partial charge in [-0.1, -0.05) is 6.92 Å². The molecule has 98 valence electrons. The van der Waals surface area contributed by atoms with Crippen LogP contribution in [0.5, 0.6) is 0 Å². The Balaban J connectivity index is 2.45. The summed E-state index contributed by atoms with van der Waals surface area (Å²) in [6.45, 7) is 7.17. The summed E-state index contributed by atoms with van der Waals surface area (Å²) in [7, 11) is 0. The molecule has 1 atom stereocenters. The lowest BCUT2D eigenvalue weighted by molar-refractivity contribution is 0.472. The van der Waals surface area contributed by atoms with Crippen LogP contribution in [0.2, 0.25) is 0 Å². The lowest BCUT2D eigenvalue weighted by atomic mass is 10.1. The highest BCUT2D eigenvalue weighted by atomic mass is 79.9. The van der Waals surface area contributed by atoms with Gasteiger partial charge in [-0.3, -0.25) is 4.68 Å². The van der Waals surface area contributed by atoms with E-state index in [4.69, 9.17) is 0 Å². The predicted octanol–water partition coefficient (Wildman–Crippen LogP) is 2.78. The second kappa shape index (κ2) is 5.90. The molecule has 0 bridgehead atoms. The molecule has 0 aliphatic rings. The maximum atomic E-state index is 4.41. The van der Waals surface area contributed by atoms with Gasteiger partial charge in [0.15, 0.2) is 0 Å². The summed E-state index contributed by atoms with van der Waals surface area (Å²) in [5, 5.41) is 7.85. The highest BCUT2D eigenvalue weighted by molar-refractivity contribution is 9.10. The number of aromatic nitrogens is 4. The second-order valence-corrected chi connectivity index (χ2v) is 5.65. The minimum absolute atomic E-state index is 0.0213. The van der Waals surface area contributed by atoms with E-state index in [1.54, 1.807) is 0 Å². The van der Waals surface area contributed by atoms with Gasteiger partial charge in [-0.25, -0.2) is 0 Å². The minimum atomic E-state index is 0.0213. The Bertz CT molecular complexity index is 494. The summed E-state index contributed by atoms with van der Waals surface area (Å²) in [4.78, 5) is 0. The van der Waals surface area contributed by atoms with Crippen LogP contribution in [0, 0.1) is 0 Å². The Labute approximate surface area is 119 Å². The molecule has 0 saturated carbocycles. The lowest BCUT2D eigenvalue weighted by Gasteiger charge is -2.20. The fourth-order valence-electron chi connectivity index (χ4n) is 1.88. The van der Waals surface area contributed by atoms with Crippen molar-refractivity contribution in [2.75, 3.05) is 6.54 Å². The van der Waals surface area contributed by atoms with Crippen molar-refractivity contribution < 1.29 is 0 Å². The fourth-order valence-corrected chi connectivity index (χ4v) is 2.83. The van der Waals surface area contributed by atoms with Gasteiger partial charge in [0.1, 0.15) is 0 Å². The maximum absolute atomic E-state index is 4.41. The molecule has 5 nitrogen and oxygen atoms in total. The van der Waals surface area contributed by atoms with Crippen molar-refractivity contribution >= 4 is 27.7 Å². The van der Waals surface area contributed by atoms with E-state index >= 15 is 0 Å². The van der Waals surface area contributed by atoms with E-state index in [1.807, 2.05) is 17.1 Å². The zero-order valence-electron chi connectivity index (χ0n) is 10.6. The van der Waals surface area contributed by atoms with Crippen LogP contribution in [-0.4, -0.2) is 25.1 Å². The average Bonchev–Trinajstić information content (AvgIpc) is 2.95. The Hall–Kier alpha value is -0.790. The van der Waals surface area contributed by atoms with Crippen molar-refractivity contribution in [1.29, 1.82) is 0 Å². The van der Waals surface area contributed by atoms with Gasteiger partial charge in [-0.05, 0) is 36.3 Å². The quantitative estimate of drug-likeness (QED) is 0.916. The number of nitrogens with zero attached hydrogens (tertiary/aromatic N) is 4. The molecule has 0 fully saturated rings. The van der Waals surface area contributed by atoms with Crippen LogP contribution in [0.4, 0.5) is 0 Å². The van der Waals surface area contributed by atoms with Gasteiger partial charge in [0.25, 0.3) is 0 Å². The number of hydrogen-bond donors (Lipinski definition) is 1. The molecular formula is C11H16BrN5S. The first-order valence-corrected chi connectivity index (χ1v) is 7.41. The Morgan fingerprint density at radius 2 is 2.22 bits per heavy atom. The standard InChI is InChI=1S/C11H16BrN5S/c1-4-13-10(9-6-15-18-16-9)11-8(12)5-14-17(11)7(2)3/h5-7,10,13H,4H2,1-3H3. The normalized spacial score (nSPS) is 13.2.